The fourth-order valence-corrected chi connectivity index (χ4v) is 6.41. The number of nitrogens with one attached hydrogen (secondary N) is 1. The van der Waals surface area contributed by atoms with E-state index in [1.54, 1.807) is 6.92 Å². The molecule has 1 unspecified atom stereocenters. The average molecular weight is 429 g/mol. The van der Waals surface area contributed by atoms with E-state index in [1.807, 2.05) is 0 Å². The number of aryl methyl sites for hydroxylation is 1. The lowest BCUT2D eigenvalue weighted by Gasteiger charge is -2.32. The van der Waals surface area contributed by atoms with E-state index in [1.165, 1.54) is 15.6 Å². The molecule has 0 bridgehead atoms. The molecular weight excluding hydrogens is 400 g/mol. The van der Waals surface area contributed by atoms with Crippen molar-refractivity contribution in [2.75, 3.05) is 24.7 Å². The number of ether oxygens (including phenoxy) is 1. The van der Waals surface area contributed by atoms with Gasteiger partial charge in [0.1, 0.15) is 11.0 Å². The van der Waals surface area contributed by atoms with E-state index in [-0.39, 0.29) is 12.5 Å². The monoisotopic (exact) mass is 428 g/mol. The molecule has 28 heavy (non-hydrogen) atoms. The van der Waals surface area contributed by atoms with Crippen molar-refractivity contribution in [1.29, 1.82) is 0 Å². The predicted molar refractivity (Wildman–Crippen MR) is 109 cm³/mol. The second kappa shape index (κ2) is 8.92. The van der Waals surface area contributed by atoms with Crippen LogP contribution < -0.4 is 5.32 Å². The molecule has 9 heteroatoms. The smallest absolute Gasteiger partial charge is 0.341 e. The molecule has 7 nitrogen and oxygen atoms in total. The summed E-state index contributed by atoms with van der Waals surface area (Å²) in [6, 6.07) is -0.735. The molecule has 0 aromatic carbocycles. The minimum Gasteiger partial charge on any atom is -0.462 e. The maximum absolute atomic E-state index is 13.0. The van der Waals surface area contributed by atoms with Gasteiger partial charge in [-0.05, 0) is 51.0 Å². The van der Waals surface area contributed by atoms with E-state index in [0.29, 0.717) is 23.5 Å². The number of carbonyl (C=O) groups excluding carboxylic acids is 2. The van der Waals surface area contributed by atoms with Gasteiger partial charge in [0.05, 0.1) is 18.4 Å². The highest BCUT2D eigenvalue weighted by atomic mass is 32.2. The Bertz CT molecular complexity index is 847. The Kier molecular flexibility index (Phi) is 6.77. The van der Waals surface area contributed by atoms with Crippen LogP contribution in [0.2, 0.25) is 0 Å². The fraction of sp³-hybridized carbons (Fsp3) is 0.684. The first-order valence-electron chi connectivity index (χ1n) is 9.92. The van der Waals surface area contributed by atoms with E-state index in [9.17, 15) is 18.0 Å². The van der Waals surface area contributed by atoms with Crippen molar-refractivity contribution in [3.63, 3.8) is 0 Å². The van der Waals surface area contributed by atoms with E-state index in [0.717, 1.165) is 61.6 Å². The van der Waals surface area contributed by atoms with Crippen molar-refractivity contribution >= 4 is 38.2 Å². The molecule has 0 saturated carbocycles. The molecule has 156 valence electrons. The Hall–Kier alpha value is -1.45. The quantitative estimate of drug-likeness (QED) is 0.575. The number of carbonyl (C=O) groups is 2. The summed E-state index contributed by atoms with van der Waals surface area (Å²) in [6.07, 6.45) is 8.05. The number of fused-ring (bicyclic) bond motifs is 1. The molecule has 1 N–H and O–H groups in total. The molecule has 1 aliphatic heterocycles. The van der Waals surface area contributed by atoms with Crippen LogP contribution in [0.1, 0.15) is 66.2 Å². The first-order valence-corrected chi connectivity index (χ1v) is 12.6. The van der Waals surface area contributed by atoms with Gasteiger partial charge in [-0.15, -0.1) is 11.3 Å². The number of hydrogen-bond acceptors (Lipinski definition) is 6. The summed E-state index contributed by atoms with van der Waals surface area (Å²) in [7, 11) is -3.47. The van der Waals surface area contributed by atoms with Gasteiger partial charge in [-0.3, -0.25) is 4.79 Å². The number of esters is 1. The fourth-order valence-electron chi connectivity index (χ4n) is 4.01. The van der Waals surface area contributed by atoms with Gasteiger partial charge in [0.2, 0.25) is 15.9 Å². The second-order valence-corrected chi connectivity index (χ2v) is 10.4. The predicted octanol–water partition coefficient (Wildman–Crippen LogP) is 2.95. The summed E-state index contributed by atoms with van der Waals surface area (Å²) in [5.74, 6) is -0.784. The first-order chi connectivity index (χ1) is 13.3. The Labute approximate surface area is 170 Å². The number of sulfonamides is 1. The third kappa shape index (κ3) is 4.58. The van der Waals surface area contributed by atoms with Crippen LogP contribution in [0.15, 0.2) is 0 Å². The number of hydrogen-bond donors (Lipinski definition) is 1. The van der Waals surface area contributed by atoms with E-state index in [4.69, 9.17) is 4.74 Å². The molecule has 0 radical (unpaired) electrons. The van der Waals surface area contributed by atoms with Gasteiger partial charge < -0.3 is 10.1 Å². The maximum atomic E-state index is 13.0. The van der Waals surface area contributed by atoms with Crippen LogP contribution in [0.3, 0.4) is 0 Å². The zero-order valence-corrected chi connectivity index (χ0v) is 18.1. The summed E-state index contributed by atoms with van der Waals surface area (Å²) in [5.41, 5.74) is 1.44. The van der Waals surface area contributed by atoms with Crippen LogP contribution in [0.25, 0.3) is 0 Å². The number of amides is 1. The van der Waals surface area contributed by atoms with Gasteiger partial charge in [-0.25, -0.2) is 13.2 Å². The standard InChI is InChI=1S/C19H28N2O5S2/c1-3-26-19(23)16-13-9-5-4-6-11-15(13)27-18(16)20-17(22)14-10-7-8-12-21(14)28(2,24)25/h14H,3-12H2,1-2H3,(H,20,22). The van der Waals surface area contributed by atoms with Crippen LogP contribution in [0.4, 0.5) is 5.00 Å². The van der Waals surface area contributed by atoms with Gasteiger partial charge in [-0.1, -0.05) is 12.8 Å². The number of nitrogens with zero attached hydrogens (tertiary/aromatic N) is 1. The lowest BCUT2D eigenvalue weighted by molar-refractivity contribution is -0.120. The third-order valence-electron chi connectivity index (χ3n) is 5.32. The van der Waals surface area contributed by atoms with Crippen LogP contribution >= 0.6 is 11.3 Å². The molecule has 1 amide bonds. The molecule has 1 aromatic rings. The third-order valence-corrected chi connectivity index (χ3v) is 7.82. The highest BCUT2D eigenvalue weighted by molar-refractivity contribution is 7.88. The largest absolute Gasteiger partial charge is 0.462 e. The number of thiophene rings is 1. The van der Waals surface area contributed by atoms with Gasteiger partial charge >= 0.3 is 5.97 Å². The van der Waals surface area contributed by atoms with Crippen molar-refractivity contribution in [3.8, 4) is 0 Å². The molecule has 1 fully saturated rings. The highest BCUT2D eigenvalue weighted by Crippen LogP contribution is 2.38. The Morgan fingerprint density at radius 1 is 1.18 bits per heavy atom. The Morgan fingerprint density at radius 3 is 2.64 bits per heavy atom. The minimum absolute atomic E-state index is 0.265. The van der Waals surface area contributed by atoms with Crippen molar-refractivity contribution in [2.24, 2.45) is 0 Å². The molecule has 1 aliphatic carbocycles. The SMILES string of the molecule is CCOC(=O)c1c(NC(=O)C2CCCCN2S(C)(=O)=O)sc2c1CCCCC2. The Balaban J connectivity index is 1.90. The number of piperidine rings is 1. The molecule has 1 aromatic heterocycles. The van der Waals surface area contributed by atoms with Gasteiger partial charge in [0, 0.05) is 11.4 Å². The molecule has 2 heterocycles. The lowest BCUT2D eigenvalue weighted by atomic mass is 10.0. The zero-order valence-electron chi connectivity index (χ0n) is 16.5. The maximum Gasteiger partial charge on any atom is 0.341 e. The second-order valence-electron chi connectivity index (χ2n) is 7.36. The summed E-state index contributed by atoms with van der Waals surface area (Å²) in [4.78, 5) is 26.7. The van der Waals surface area contributed by atoms with E-state index >= 15 is 0 Å². The van der Waals surface area contributed by atoms with Crippen LogP contribution in [-0.4, -0.2) is 50.0 Å². The van der Waals surface area contributed by atoms with Crippen LogP contribution in [0, 0.1) is 0 Å². The van der Waals surface area contributed by atoms with E-state index < -0.39 is 22.0 Å². The van der Waals surface area contributed by atoms with Crippen molar-refractivity contribution in [3.05, 3.63) is 16.0 Å². The van der Waals surface area contributed by atoms with Gasteiger partial charge in [0.25, 0.3) is 0 Å². The average Bonchev–Trinajstić information content (AvgIpc) is 2.81. The zero-order chi connectivity index (χ0) is 20.3. The topological polar surface area (TPSA) is 92.8 Å². The molecule has 1 atom stereocenters. The first kappa shape index (κ1) is 21.3. The summed E-state index contributed by atoms with van der Waals surface area (Å²) < 4.78 is 30.7. The highest BCUT2D eigenvalue weighted by Gasteiger charge is 2.36. The van der Waals surface area contributed by atoms with Crippen LogP contribution in [-0.2, 0) is 32.4 Å². The Morgan fingerprint density at radius 2 is 1.93 bits per heavy atom. The van der Waals surface area contributed by atoms with Gasteiger partial charge in [0.15, 0.2) is 0 Å². The number of rotatable bonds is 5. The molecule has 1 saturated heterocycles. The van der Waals surface area contributed by atoms with Crippen molar-refractivity contribution < 1.29 is 22.7 Å². The summed E-state index contributed by atoms with van der Waals surface area (Å²) in [6.45, 7) is 2.37. The molecule has 0 spiro atoms. The normalized spacial score (nSPS) is 20.9. The van der Waals surface area contributed by atoms with Crippen molar-refractivity contribution in [1.82, 2.24) is 4.31 Å². The molecule has 2 aliphatic rings. The number of anilines is 1. The van der Waals surface area contributed by atoms with Crippen LogP contribution in [0.5, 0.6) is 0 Å². The minimum atomic E-state index is -3.47. The molecule has 3 rings (SSSR count). The molecular formula is C19H28N2O5S2. The van der Waals surface area contributed by atoms with Crippen molar-refractivity contribution in [2.45, 2.75) is 64.3 Å². The lowest BCUT2D eigenvalue weighted by Crippen LogP contribution is -2.49. The van der Waals surface area contributed by atoms with Gasteiger partial charge in [-0.2, -0.15) is 4.31 Å². The van der Waals surface area contributed by atoms with E-state index in [2.05, 4.69) is 5.32 Å². The summed E-state index contributed by atoms with van der Waals surface area (Å²) >= 11 is 1.43. The summed E-state index contributed by atoms with van der Waals surface area (Å²) in [5, 5.41) is 3.37.